The van der Waals surface area contributed by atoms with Gasteiger partial charge in [0.2, 0.25) is 5.91 Å². The van der Waals surface area contributed by atoms with Gasteiger partial charge >= 0.3 is 0 Å². The summed E-state index contributed by atoms with van der Waals surface area (Å²) < 4.78 is 0. The van der Waals surface area contributed by atoms with Gasteiger partial charge in [-0.2, -0.15) is 0 Å². The highest BCUT2D eigenvalue weighted by atomic mass is 16.2. The van der Waals surface area contributed by atoms with E-state index in [1.807, 2.05) is 20.8 Å². The van der Waals surface area contributed by atoms with Gasteiger partial charge in [-0.1, -0.05) is 12.7 Å². The molecule has 0 bridgehead atoms. The smallest absolute Gasteiger partial charge is 0.250 e. The first-order valence-corrected chi connectivity index (χ1v) is 3.71. The van der Waals surface area contributed by atoms with Crippen LogP contribution in [-0.4, -0.2) is 16.8 Å². The van der Waals surface area contributed by atoms with Crippen LogP contribution in [0.25, 0.3) is 0 Å². The summed E-state index contributed by atoms with van der Waals surface area (Å²) in [6.45, 7) is 9.27. The molecule has 0 saturated heterocycles. The van der Waals surface area contributed by atoms with Gasteiger partial charge in [0.05, 0.1) is 0 Å². The van der Waals surface area contributed by atoms with Gasteiger partial charge in [0.1, 0.15) is 0 Å². The number of hydrogen-bond donors (Lipinski definition) is 0. The largest absolute Gasteiger partial charge is 0.314 e. The minimum Gasteiger partial charge on any atom is -0.314 e. The molecule has 0 aromatic carbocycles. The molecular weight excluding hydrogens is 138 g/mol. The van der Waals surface area contributed by atoms with Crippen LogP contribution in [0.3, 0.4) is 0 Å². The lowest BCUT2D eigenvalue weighted by molar-refractivity contribution is -0.124. The predicted molar refractivity (Wildman–Crippen MR) is 47.0 cm³/mol. The molecule has 2 heteroatoms. The van der Waals surface area contributed by atoms with Crippen molar-refractivity contribution in [3.05, 3.63) is 24.9 Å². The molecule has 1 amide bonds. The van der Waals surface area contributed by atoms with Gasteiger partial charge in [0, 0.05) is 12.2 Å². The van der Waals surface area contributed by atoms with Crippen molar-refractivity contribution in [2.24, 2.45) is 0 Å². The Bertz CT molecular complexity index is 170. The maximum absolute atomic E-state index is 11.2. The molecule has 0 aliphatic carbocycles. The van der Waals surface area contributed by atoms with Crippen molar-refractivity contribution in [3.63, 3.8) is 0 Å². The molecule has 11 heavy (non-hydrogen) atoms. The lowest BCUT2D eigenvalue weighted by Gasteiger charge is -2.20. The standard InChI is InChI=1S/C9H15NO/c1-5-7-9(11)10(6-2)8(3)4/h5-8H,2H2,1,3-4H3/b7-5-. The molecule has 0 spiro atoms. The van der Waals surface area contributed by atoms with Gasteiger partial charge in [-0.05, 0) is 26.8 Å². The van der Waals surface area contributed by atoms with Crippen LogP contribution in [0.4, 0.5) is 0 Å². The van der Waals surface area contributed by atoms with Crippen molar-refractivity contribution in [2.45, 2.75) is 26.8 Å². The topological polar surface area (TPSA) is 20.3 Å². The first-order valence-electron chi connectivity index (χ1n) is 3.71. The maximum Gasteiger partial charge on any atom is 0.250 e. The van der Waals surface area contributed by atoms with Gasteiger partial charge in [0.25, 0.3) is 0 Å². The Morgan fingerprint density at radius 3 is 2.36 bits per heavy atom. The Hall–Kier alpha value is -1.05. The van der Waals surface area contributed by atoms with E-state index in [-0.39, 0.29) is 11.9 Å². The van der Waals surface area contributed by atoms with Crippen molar-refractivity contribution < 1.29 is 4.79 Å². The molecule has 2 nitrogen and oxygen atoms in total. The Balaban J connectivity index is 4.26. The molecule has 0 aromatic rings. The van der Waals surface area contributed by atoms with Gasteiger partial charge < -0.3 is 4.90 Å². The highest BCUT2D eigenvalue weighted by molar-refractivity contribution is 5.88. The van der Waals surface area contributed by atoms with Crippen molar-refractivity contribution in [1.82, 2.24) is 4.90 Å². The summed E-state index contributed by atoms with van der Waals surface area (Å²) in [7, 11) is 0. The van der Waals surface area contributed by atoms with Crippen LogP contribution < -0.4 is 0 Å². The fraction of sp³-hybridized carbons (Fsp3) is 0.444. The van der Waals surface area contributed by atoms with Gasteiger partial charge in [0.15, 0.2) is 0 Å². The Morgan fingerprint density at radius 1 is 1.55 bits per heavy atom. The van der Waals surface area contributed by atoms with E-state index >= 15 is 0 Å². The van der Waals surface area contributed by atoms with E-state index in [2.05, 4.69) is 6.58 Å². The molecular formula is C9H15NO. The Labute approximate surface area is 68.2 Å². The van der Waals surface area contributed by atoms with E-state index in [0.29, 0.717) is 0 Å². The molecule has 62 valence electrons. The summed E-state index contributed by atoms with van der Waals surface area (Å²) in [5, 5.41) is 0. The number of amides is 1. The minimum absolute atomic E-state index is 0.0162. The number of carbonyl (C=O) groups excluding carboxylic acids is 1. The number of rotatable bonds is 3. The summed E-state index contributed by atoms with van der Waals surface area (Å²) in [5.74, 6) is -0.0162. The van der Waals surface area contributed by atoms with E-state index in [0.717, 1.165) is 0 Å². The summed E-state index contributed by atoms with van der Waals surface area (Å²) in [6, 6.07) is 0.177. The summed E-state index contributed by atoms with van der Waals surface area (Å²) in [6.07, 6.45) is 4.80. The maximum atomic E-state index is 11.2. The zero-order valence-corrected chi connectivity index (χ0v) is 7.37. The number of nitrogens with zero attached hydrogens (tertiary/aromatic N) is 1. The minimum atomic E-state index is -0.0162. The molecule has 0 radical (unpaired) electrons. The molecule has 0 fully saturated rings. The van der Waals surface area contributed by atoms with Crippen molar-refractivity contribution in [2.75, 3.05) is 0 Å². The average Bonchev–Trinajstić information content (AvgIpc) is 1.88. The van der Waals surface area contributed by atoms with Crippen LogP contribution in [0.1, 0.15) is 20.8 Å². The predicted octanol–water partition coefficient (Wildman–Crippen LogP) is 1.94. The van der Waals surface area contributed by atoms with Crippen LogP contribution in [0.15, 0.2) is 24.9 Å². The quantitative estimate of drug-likeness (QED) is 0.567. The van der Waals surface area contributed by atoms with E-state index in [1.54, 1.807) is 17.2 Å². The molecule has 0 aliphatic heterocycles. The fourth-order valence-corrected chi connectivity index (χ4v) is 0.784. The molecule has 0 rings (SSSR count). The van der Waals surface area contributed by atoms with Crippen LogP contribution >= 0.6 is 0 Å². The van der Waals surface area contributed by atoms with Crippen LogP contribution in [0.2, 0.25) is 0 Å². The second-order valence-electron chi connectivity index (χ2n) is 2.52. The zero-order valence-electron chi connectivity index (χ0n) is 7.37. The lowest BCUT2D eigenvalue weighted by Crippen LogP contribution is -2.30. The third-order valence-electron chi connectivity index (χ3n) is 1.32. The van der Waals surface area contributed by atoms with Gasteiger partial charge in [-0.25, -0.2) is 0 Å². The monoisotopic (exact) mass is 153 g/mol. The highest BCUT2D eigenvalue weighted by Gasteiger charge is 2.08. The number of hydrogen-bond acceptors (Lipinski definition) is 1. The highest BCUT2D eigenvalue weighted by Crippen LogP contribution is 1.99. The Kier molecular flexibility index (Phi) is 4.27. The van der Waals surface area contributed by atoms with Crippen molar-refractivity contribution >= 4 is 5.91 Å². The average molecular weight is 153 g/mol. The summed E-state index contributed by atoms with van der Waals surface area (Å²) in [4.78, 5) is 12.8. The molecule has 0 aromatic heterocycles. The molecule has 0 N–H and O–H groups in total. The molecule has 0 atom stereocenters. The first-order chi connectivity index (χ1) is 5.13. The Morgan fingerprint density at radius 2 is 2.09 bits per heavy atom. The normalized spacial score (nSPS) is 10.5. The SMILES string of the molecule is C=CN(C(=O)/C=C\C)C(C)C. The number of carbonyl (C=O) groups is 1. The molecule has 0 saturated carbocycles. The molecule has 0 heterocycles. The van der Waals surface area contributed by atoms with E-state index in [4.69, 9.17) is 0 Å². The van der Waals surface area contributed by atoms with Crippen LogP contribution in [-0.2, 0) is 4.79 Å². The van der Waals surface area contributed by atoms with Gasteiger partial charge in [-0.3, -0.25) is 4.79 Å². The first kappa shape index (κ1) is 9.95. The fourth-order valence-electron chi connectivity index (χ4n) is 0.784. The summed E-state index contributed by atoms with van der Waals surface area (Å²) >= 11 is 0. The molecule has 0 aliphatic rings. The lowest BCUT2D eigenvalue weighted by atomic mass is 10.3. The second kappa shape index (κ2) is 4.72. The third-order valence-corrected chi connectivity index (χ3v) is 1.32. The second-order valence-corrected chi connectivity index (χ2v) is 2.52. The van der Waals surface area contributed by atoms with E-state index in [9.17, 15) is 4.79 Å². The third kappa shape index (κ3) is 3.03. The molecule has 0 unspecified atom stereocenters. The van der Waals surface area contributed by atoms with Crippen molar-refractivity contribution in [3.8, 4) is 0 Å². The van der Waals surface area contributed by atoms with Gasteiger partial charge in [-0.15, -0.1) is 0 Å². The van der Waals surface area contributed by atoms with Crippen LogP contribution in [0.5, 0.6) is 0 Å². The van der Waals surface area contributed by atoms with E-state index < -0.39 is 0 Å². The number of allylic oxidation sites excluding steroid dienone is 1. The zero-order chi connectivity index (χ0) is 8.85. The van der Waals surface area contributed by atoms with Crippen molar-refractivity contribution in [1.29, 1.82) is 0 Å². The van der Waals surface area contributed by atoms with E-state index in [1.165, 1.54) is 6.08 Å². The summed E-state index contributed by atoms with van der Waals surface area (Å²) in [5.41, 5.74) is 0. The van der Waals surface area contributed by atoms with Crippen LogP contribution in [0, 0.1) is 0 Å².